The van der Waals surface area contributed by atoms with E-state index in [0.29, 0.717) is 12.0 Å². The van der Waals surface area contributed by atoms with Gasteiger partial charge in [0.25, 0.3) is 0 Å². The molecule has 7 nitrogen and oxygen atoms in total. The van der Waals surface area contributed by atoms with E-state index >= 15 is 0 Å². The number of nitrogens with two attached hydrogens (primary N) is 1. The summed E-state index contributed by atoms with van der Waals surface area (Å²) in [6.07, 6.45) is -0.352. The largest absolute Gasteiger partial charge is 0.449 e. The van der Waals surface area contributed by atoms with E-state index in [9.17, 15) is 14.4 Å². The van der Waals surface area contributed by atoms with Crippen LogP contribution in [0.1, 0.15) is 48.9 Å². The van der Waals surface area contributed by atoms with Crippen molar-refractivity contribution in [3.8, 4) is 22.3 Å². The van der Waals surface area contributed by atoms with Crippen LogP contribution >= 0.6 is 0 Å². The highest BCUT2D eigenvalue weighted by Gasteiger charge is 2.31. The van der Waals surface area contributed by atoms with Gasteiger partial charge in [-0.3, -0.25) is 9.59 Å². The third-order valence-corrected chi connectivity index (χ3v) is 7.59. The summed E-state index contributed by atoms with van der Waals surface area (Å²) in [5.74, 6) is -1.16. The molecule has 4 aromatic rings. The number of hydrogen-bond acceptors (Lipinski definition) is 4. The van der Waals surface area contributed by atoms with Gasteiger partial charge < -0.3 is 21.1 Å². The van der Waals surface area contributed by atoms with E-state index in [1.54, 1.807) is 12.1 Å². The lowest BCUT2D eigenvalue weighted by Crippen LogP contribution is -2.49. The standard InChI is InChI=1S/C35H35N3O4/c1-22(2)20-31(33(36)39)37-34(40)32(25-18-16-24(17-19-25)23-10-4-3-5-11-23)38-35(41)42-21-30-28-14-8-6-12-26(28)27-13-7-9-15-29(27)30/h3-19,22,30-32H,20-21H2,1-2H3,(H2,36,39)(H,37,40)(H,38,41)/t31-,32?/m0/s1. The van der Waals surface area contributed by atoms with Crippen molar-refractivity contribution >= 4 is 17.9 Å². The summed E-state index contributed by atoms with van der Waals surface area (Å²) < 4.78 is 5.73. The van der Waals surface area contributed by atoms with Crippen molar-refractivity contribution < 1.29 is 19.1 Å². The lowest BCUT2D eigenvalue weighted by Gasteiger charge is -2.23. The molecular formula is C35H35N3O4. The Kier molecular flexibility index (Phi) is 8.67. The highest BCUT2D eigenvalue weighted by Crippen LogP contribution is 2.44. The van der Waals surface area contributed by atoms with E-state index in [1.165, 1.54) is 0 Å². The van der Waals surface area contributed by atoms with Crippen molar-refractivity contribution in [2.45, 2.75) is 38.3 Å². The van der Waals surface area contributed by atoms with Crippen molar-refractivity contribution in [2.24, 2.45) is 11.7 Å². The summed E-state index contributed by atoms with van der Waals surface area (Å²) in [5.41, 5.74) is 12.6. The molecule has 42 heavy (non-hydrogen) atoms. The topological polar surface area (TPSA) is 111 Å². The summed E-state index contributed by atoms with van der Waals surface area (Å²) in [6.45, 7) is 3.99. The van der Waals surface area contributed by atoms with Crippen LogP contribution in [0.15, 0.2) is 103 Å². The number of nitrogens with one attached hydrogen (secondary N) is 2. The molecule has 0 saturated heterocycles. The minimum Gasteiger partial charge on any atom is -0.449 e. The monoisotopic (exact) mass is 561 g/mol. The predicted molar refractivity (Wildman–Crippen MR) is 163 cm³/mol. The number of alkyl carbamates (subject to hydrolysis) is 1. The SMILES string of the molecule is CC(C)C[C@H](NC(=O)C(NC(=O)OCC1c2ccccc2-c2ccccc21)c1ccc(-c2ccccc2)cc1)C(N)=O. The minimum atomic E-state index is -1.10. The van der Waals surface area contributed by atoms with Crippen LogP contribution in [-0.4, -0.2) is 30.6 Å². The van der Waals surface area contributed by atoms with Crippen molar-refractivity contribution in [1.29, 1.82) is 0 Å². The van der Waals surface area contributed by atoms with Gasteiger partial charge in [-0.1, -0.05) is 117 Å². The van der Waals surface area contributed by atoms with Gasteiger partial charge in [-0.25, -0.2) is 4.79 Å². The van der Waals surface area contributed by atoms with E-state index in [4.69, 9.17) is 10.5 Å². The summed E-state index contributed by atoms with van der Waals surface area (Å²) in [4.78, 5) is 38.8. The van der Waals surface area contributed by atoms with Gasteiger partial charge in [0.15, 0.2) is 0 Å². The van der Waals surface area contributed by atoms with Crippen molar-refractivity contribution in [2.75, 3.05) is 6.61 Å². The summed E-state index contributed by atoms with van der Waals surface area (Å²) in [7, 11) is 0. The first-order chi connectivity index (χ1) is 20.3. The number of ether oxygens (including phenoxy) is 1. The van der Waals surface area contributed by atoms with Gasteiger partial charge in [-0.05, 0) is 51.3 Å². The van der Waals surface area contributed by atoms with Gasteiger partial charge >= 0.3 is 6.09 Å². The maximum absolute atomic E-state index is 13.5. The van der Waals surface area contributed by atoms with Crippen molar-refractivity contribution in [3.63, 3.8) is 0 Å². The molecule has 0 bridgehead atoms. The number of carbonyl (C=O) groups is 3. The fourth-order valence-corrected chi connectivity index (χ4v) is 5.53. The third kappa shape index (κ3) is 6.36. The Bertz CT molecular complexity index is 1520. The molecule has 0 radical (unpaired) electrons. The quantitative estimate of drug-likeness (QED) is 0.222. The van der Waals surface area contributed by atoms with E-state index in [1.807, 2.05) is 92.7 Å². The second kappa shape index (κ2) is 12.7. The number of fused-ring (bicyclic) bond motifs is 3. The number of hydrogen-bond donors (Lipinski definition) is 3. The summed E-state index contributed by atoms with van der Waals surface area (Å²) in [5, 5.41) is 5.47. The van der Waals surface area contributed by atoms with Crippen LogP contribution in [0.5, 0.6) is 0 Å². The fourth-order valence-electron chi connectivity index (χ4n) is 5.53. The Balaban J connectivity index is 1.35. The van der Waals surface area contributed by atoms with Crippen molar-refractivity contribution in [3.05, 3.63) is 120 Å². The molecule has 0 spiro atoms. The molecule has 1 aliphatic carbocycles. The molecule has 0 heterocycles. The van der Waals surface area contributed by atoms with Gasteiger partial charge in [0.1, 0.15) is 18.7 Å². The van der Waals surface area contributed by atoms with Gasteiger partial charge in [-0.2, -0.15) is 0 Å². The average Bonchev–Trinajstić information content (AvgIpc) is 3.32. The Morgan fingerprint density at radius 1 is 0.738 bits per heavy atom. The summed E-state index contributed by atoms with van der Waals surface area (Å²) >= 11 is 0. The van der Waals surface area contributed by atoms with Gasteiger partial charge in [0, 0.05) is 5.92 Å². The Morgan fingerprint density at radius 3 is 1.86 bits per heavy atom. The number of benzene rings is 4. The molecule has 7 heteroatoms. The predicted octanol–water partition coefficient (Wildman–Crippen LogP) is 5.95. The van der Waals surface area contributed by atoms with Crippen LogP contribution in [0, 0.1) is 5.92 Å². The molecule has 0 aliphatic heterocycles. The highest BCUT2D eigenvalue weighted by atomic mass is 16.5. The second-order valence-electron chi connectivity index (χ2n) is 11.0. The maximum atomic E-state index is 13.5. The van der Waals surface area contributed by atoms with Gasteiger partial charge in [0.05, 0.1) is 0 Å². The normalized spacial score (nSPS) is 13.5. The molecule has 0 aromatic heterocycles. The molecule has 1 unspecified atom stereocenters. The molecule has 1 aliphatic rings. The first-order valence-corrected chi connectivity index (χ1v) is 14.2. The molecular weight excluding hydrogens is 526 g/mol. The zero-order chi connectivity index (χ0) is 29.6. The molecule has 0 saturated carbocycles. The molecule has 4 N–H and O–H groups in total. The van der Waals surface area contributed by atoms with E-state index < -0.39 is 30.0 Å². The molecule has 3 amide bonds. The molecule has 214 valence electrons. The van der Waals surface area contributed by atoms with Gasteiger partial charge in [-0.15, -0.1) is 0 Å². The highest BCUT2D eigenvalue weighted by molar-refractivity contribution is 5.91. The first kappa shape index (κ1) is 28.6. The third-order valence-electron chi connectivity index (χ3n) is 7.59. The van der Waals surface area contributed by atoms with Crippen LogP contribution in [0.3, 0.4) is 0 Å². The molecule has 4 aromatic carbocycles. The first-order valence-electron chi connectivity index (χ1n) is 14.2. The van der Waals surface area contributed by atoms with E-state index in [2.05, 4.69) is 22.8 Å². The number of rotatable bonds is 10. The van der Waals surface area contributed by atoms with E-state index in [-0.39, 0.29) is 18.4 Å². The maximum Gasteiger partial charge on any atom is 0.408 e. The zero-order valence-electron chi connectivity index (χ0n) is 23.7. The smallest absolute Gasteiger partial charge is 0.408 e. The molecule has 5 rings (SSSR count). The fraction of sp³-hybridized carbons (Fsp3) is 0.229. The van der Waals surface area contributed by atoms with E-state index in [0.717, 1.165) is 33.4 Å². The number of amides is 3. The summed E-state index contributed by atoms with van der Waals surface area (Å²) in [6, 6.07) is 31.4. The number of primary amides is 1. The van der Waals surface area contributed by atoms with Crippen LogP contribution in [0.4, 0.5) is 4.79 Å². The Labute approximate surface area is 246 Å². The molecule has 2 atom stereocenters. The van der Waals surface area contributed by atoms with Crippen LogP contribution in [0.2, 0.25) is 0 Å². The zero-order valence-corrected chi connectivity index (χ0v) is 23.7. The van der Waals surface area contributed by atoms with Crippen LogP contribution < -0.4 is 16.4 Å². The number of carbonyl (C=O) groups excluding carboxylic acids is 3. The van der Waals surface area contributed by atoms with Crippen LogP contribution in [-0.2, 0) is 14.3 Å². The lowest BCUT2D eigenvalue weighted by atomic mass is 9.98. The lowest BCUT2D eigenvalue weighted by molar-refractivity contribution is -0.129. The van der Waals surface area contributed by atoms with Crippen molar-refractivity contribution in [1.82, 2.24) is 10.6 Å². The average molecular weight is 562 g/mol. The Morgan fingerprint density at radius 2 is 1.29 bits per heavy atom. The van der Waals surface area contributed by atoms with Crippen LogP contribution in [0.25, 0.3) is 22.3 Å². The minimum absolute atomic E-state index is 0.110. The Hall–Kier alpha value is -4.91. The second-order valence-corrected chi connectivity index (χ2v) is 11.0. The van der Waals surface area contributed by atoms with Gasteiger partial charge in [0.2, 0.25) is 11.8 Å². The molecule has 0 fully saturated rings.